The van der Waals surface area contributed by atoms with Gasteiger partial charge in [-0.15, -0.1) is 0 Å². The minimum atomic E-state index is -0.436. The van der Waals surface area contributed by atoms with Gasteiger partial charge in [-0.1, -0.05) is 23.7 Å². The van der Waals surface area contributed by atoms with E-state index >= 15 is 0 Å². The van der Waals surface area contributed by atoms with Crippen molar-refractivity contribution in [1.29, 1.82) is 0 Å². The molecular formula is C22H22ClFN4S. The molecule has 0 fully saturated rings. The lowest BCUT2D eigenvalue weighted by atomic mass is 10.1. The van der Waals surface area contributed by atoms with E-state index in [-0.39, 0.29) is 5.02 Å². The third-order valence-electron chi connectivity index (χ3n) is 4.85. The van der Waals surface area contributed by atoms with E-state index in [4.69, 9.17) is 23.8 Å². The van der Waals surface area contributed by atoms with Crippen molar-refractivity contribution in [3.05, 3.63) is 81.4 Å². The zero-order chi connectivity index (χ0) is 21.1. The summed E-state index contributed by atoms with van der Waals surface area (Å²) in [7, 11) is 0. The van der Waals surface area contributed by atoms with E-state index in [9.17, 15) is 4.39 Å². The Kier molecular flexibility index (Phi) is 6.35. The number of anilines is 1. The maximum absolute atomic E-state index is 13.5. The summed E-state index contributed by atoms with van der Waals surface area (Å²) < 4.78 is 15.5. The summed E-state index contributed by atoms with van der Waals surface area (Å²) in [6.07, 6.45) is 1.71. The van der Waals surface area contributed by atoms with Crippen LogP contribution in [0.1, 0.15) is 28.1 Å². The molecular weight excluding hydrogens is 407 g/mol. The van der Waals surface area contributed by atoms with Crippen LogP contribution in [0.25, 0.3) is 5.69 Å². The third kappa shape index (κ3) is 4.66. The lowest BCUT2D eigenvalue weighted by molar-refractivity contribution is 0.627. The van der Waals surface area contributed by atoms with E-state index in [0.717, 1.165) is 33.9 Å². The van der Waals surface area contributed by atoms with Crippen molar-refractivity contribution >= 4 is 40.8 Å². The van der Waals surface area contributed by atoms with Crippen molar-refractivity contribution in [3.8, 4) is 5.69 Å². The quantitative estimate of drug-likeness (QED) is 0.312. The predicted octanol–water partition coefficient (Wildman–Crippen LogP) is 5.82. The Hall–Kier alpha value is -2.70. The molecule has 2 N–H and O–H groups in total. The van der Waals surface area contributed by atoms with E-state index < -0.39 is 5.82 Å². The molecule has 0 radical (unpaired) electrons. The van der Waals surface area contributed by atoms with Gasteiger partial charge in [0.15, 0.2) is 5.11 Å². The molecule has 0 aliphatic heterocycles. The fourth-order valence-corrected chi connectivity index (χ4v) is 3.47. The van der Waals surface area contributed by atoms with Gasteiger partial charge in [-0.3, -0.25) is 5.43 Å². The normalized spacial score (nSPS) is 11.1. The van der Waals surface area contributed by atoms with Gasteiger partial charge in [-0.25, -0.2) is 4.39 Å². The molecule has 150 valence electrons. The van der Waals surface area contributed by atoms with E-state index in [0.29, 0.717) is 5.11 Å². The Bertz CT molecular complexity index is 1100. The Morgan fingerprint density at radius 3 is 2.62 bits per heavy atom. The van der Waals surface area contributed by atoms with Gasteiger partial charge in [0.25, 0.3) is 0 Å². The van der Waals surface area contributed by atoms with Gasteiger partial charge in [0.1, 0.15) is 5.82 Å². The SMILES string of the molecule is Cc1cccc(NC(=S)N/N=C/c2cc(C)n(-c3ccc(F)c(Cl)c3)c2C)c1C. The molecule has 29 heavy (non-hydrogen) atoms. The van der Waals surface area contributed by atoms with Gasteiger partial charge < -0.3 is 9.88 Å². The summed E-state index contributed by atoms with van der Waals surface area (Å²) in [5, 5.41) is 7.91. The Balaban J connectivity index is 1.73. The first-order valence-electron chi connectivity index (χ1n) is 9.08. The van der Waals surface area contributed by atoms with Crippen molar-refractivity contribution in [1.82, 2.24) is 9.99 Å². The number of thiocarbonyl (C=S) groups is 1. The lowest BCUT2D eigenvalue weighted by Gasteiger charge is -2.11. The number of rotatable bonds is 4. The number of hydrogen-bond donors (Lipinski definition) is 2. The summed E-state index contributed by atoms with van der Waals surface area (Å²) in [6.45, 7) is 8.04. The Morgan fingerprint density at radius 2 is 1.90 bits per heavy atom. The molecule has 2 aromatic carbocycles. The molecule has 0 bridgehead atoms. The van der Waals surface area contributed by atoms with Gasteiger partial charge in [-0.2, -0.15) is 5.10 Å². The molecule has 3 rings (SSSR count). The average molecular weight is 429 g/mol. The number of nitrogens with one attached hydrogen (secondary N) is 2. The monoisotopic (exact) mass is 428 g/mol. The third-order valence-corrected chi connectivity index (χ3v) is 5.34. The molecule has 4 nitrogen and oxygen atoms in total. The second kappa shape index (κ2) is 8.76. The molecule has 0 saturated heterocycles. The molecule has 3 aromatic rings. The number of hydrogen-bond acceptors (Lipinski definition) is 2. The van der Waals surface area contributed by atoms with E-state index in [1.807, 2.05) is 43.5 Å². The van der Waals surface area contributed by atoms with Crippen LogP contribution in [0.15, 0.2) is 47.6 Å². The maximum atomic E-state index is 13.5. The van der Waals surface area contributed by atoms with Crippen LogP contribution < -0.4 is 10.7 Å². The number of nitrogens with zero attached hydrogens (tertiary/aromatic N) is 2. The van der Waals surface area contributed by atoms with Gasteiger partial charge in [0.2, 0.25) is 0 Å². The van der Waals surface area contributed by atoms with Crippen LogP contribution in [0.5, 0.6) is 0 Å². The maximum Gasteiger partial charge on any atom is 0.191 e. The summed E-state index contributed by atoms with van der Waals surface area (Å²) in [6, 6.07) is 12.7. The summed E-state index contributed by atoms with van der Waals surface area (Å²) >= 11 is 11.3. The van der Waals surface area contributed by atoms with E-state index in [1.165, 1.54) is 11.6 Å². The fraction of sp³-hybridized carbons (Fsp3) is 0.182. The highest BCUT2D eigenvalue weighted by Gasteiger charge is 2.11. The highest BCUT2D eigenvalue weighted by molar-refractivity contribution is 7.80. The topological polar surface area (TPSA) is 41.4 Å². The Labute approximate surface area is 180 Å². The standard InChI is InChI=1S/C22H22ClFN4S/c1-13-6-5-7-21(15(13)3)26-22(29)27-25-12-17-10-14(2)28(16(17)4)18-8-9-20(24)19(23)11-18/h5-12H,1-4H3,(H2,26,27,29)/b25-12+. The van der Waals surface area contributed by atoms with Crippen LogP contribution in [0, 0.1) is 33.5 Å². The molecule has 0 aliphatic carbocycles. The van der Waals surface area contributed by atoms with Crippen LogP contribution in [0.4, 0.5) is 10.1 Å². The zero-order valence-corrected chi connectivity index (χ0v) is 18.2. The average Bonchev–Trinajstić information content (AvgIpc) is 2.95. The minimum Gasteiger partial charge on any atom is -0.331 e. The number of benzene rings is 2. The fourth-order valence-electron chi connectivity index (χ4n) is 3.14. The largest absolute Gasteiger partial charge is 0.331 e. The van der Waals surface area contributed by atoms with Crippen LogP contribution in [0.2, 0.25) is 5.02 Å². The van der Waals surface area contributed by atoms with Gasteiger partial charge in [-0.05, 0) is 81.4 Å². The highest BCUT2D eigenvalue weighted by atomic mass is 35.5. The van der Waals surface area contributed by atoms with Gasteiger partial charge in [0.05, 0.1) is 11.2 Å². The van der Waals surface area contributed by atoms with Crippen LogP contribution >= 0.6 is 23.8 Å². The van der Waals surface area contributed by atoms with Crippen LogP contribution in [0.3, 0.4) is 0 Å². The highest BCUT2D eigenvalue weighted by Crippen LogP contribution is 2.24. The first-order valence-corrected chi connectivity index (χ1v) is 9.87. The van der Waals surface area contributed by atoms with Crippen LogP contribution in [-0.4, -0.2) is 15.9 Å². The van der Waals surface area contributed by atoms with Gasteiger partial charge in [0, 0.05) is 28.3 Å². The number of halogens is 2. The van der Waals surface area contributed by atoms with Crippen LogP contribution in [-0.2, 0) is 0 Å². The molecule has 0 saturated carbocycles. The summed E-state index contributed by atoms with van der Waals surface area (Å²) in [4.78, 5) is 0. The smallest absolute Gasteiger partial charge is 0.191 e. The van der Waals surface area contributed by atoms with Crippen molar-refractivity contribution < 1.29 is 4.39 Å². The second-order valence-corrected chi connectivity index (χ2v) is 7.65. The molecule has 0 atom stereocenters. The molecule has 0 aliphatic rings. The lowest BCUT2D eigenvalue weighted by Crippen LogP contribution is -2.24. The molecule has 7 heteroatoms. The summed E-state index contributed by atoms with van der Waals surface area (Å²) in [5.41, 5.74) is 9.80. The van der Waals surface area contributed by atoms with E-state index in [1.54, 1.807) is 18.3 Å². The first kappa shape index (κ1) is 21.0. The molecule has 0 amide bonds. The molecule has 1 aromatic heterocycles. The Morgan fingerprint density at radius 1 is 1.14 bits per heavy atom. The molecule has 0 unspecified atom stereocenters. The zero-order valence-electron chi connectivity index (χ0n) is 16.7. The first-order chi connectivity index (χ1) is 13.8. The molecule has 0 spiro atoms. The van der Waals surface area contributed by atoms with Crippen molar-refractivity contribution in [2.45, 2.75) is 27.7 Å². The second-order valence-electron chi connectivity index (χ2n) is 6.83. The molecule has 1 heterocycles. The number of aromatic nitrogens is 1. The minimum absolute atomic E-state index is 0.0924. The number of aryl methyl sites for hydroxylation is 2. The van der Waals surface area contributed by atoms with Crippen molar-refractivity contribution in [3.63, 3.8) is 0 Å². The summed E-state index contributed by atoms with van der Waals surface area (Å²) in [5.74, 6) is -0.436. The predicted molar refractivity (Wildman–Crippen MR) is 123 cm³/mol. The van der Waals surface area contributed by atoms with Gasteiger partial charge >= 0.3 is 0 Å². The van der Waals surface area contributed by atoms with Crippen molar-refractivity contribution in [2.75, 3.05) is 5.32 Å². The number of hydrazone groups is 1. The van der Waals surface area contributed by atoms with E-state index in [2.05, 4.69) is 28.8 Å². The van der Waals surface area contributed by atoms with Crippen molar-refractivity contribution in [2.24, 2.45) is 5.10 Å².